The van der Waals surface area contributed by atoms with E-state index in [0.717, 1.165) is 19.4 Å². The number of rotatable bonds is 4. The van der Waals surface area contributed by atoms with Crippen molar-refractivity contribution >= 4 is 29.2 Å². The molecule has 0 bridgehead atoms. The van der Waals surface area contributed by atoms with Crippen molar-refractivity contribution in [1.29, 1.82) is 0 Å². The van der Waals surface area contributed by atoms with Crippen LogP contribution in [-0.2, 0) is 9.53 Å². The summed E-state index contributed by atoms with van der Waals surface area (Å²) in [6.07, 6.45) is 4.05. The third-order valence-electron chi connectivity index (χ3n) is 6.10. The largest absolute Gasteiger partial charge is 0.381 e. The highest BCUT2D eigenvalue weighted by Gasteiger charge is 2.51. The van der Waals surface area contributed by atoms with Gasteiger partial charge in [0, 0.05) is 49.0 Å². The maximum Gasteiger partial charge on any atom is 0.321 e. The second-order valence-electron chi connectivity index (χ2n) is 8.03. The van der Waals surface area contributed by atoms with Crippen molar-refractivity contribution in [2.45, 2.75) is 25.7 Å². The summed E-state index contributed by atoms with van der Waals surface area (Å²) < 4.78 is 5.53. The zero-order chi connectivity index (χ0) is 18.9. The third-order valence-corrected chi connectivity index (χ3v) is 6.35. The average Bonchev–Trinajstić information content (AvgIpc) is 3.43. The van der Waals surface area contributed by atoms with Crippen LogP contribution >= 0.6 is 11.6 Å². The molecule has 2 N–H and O–H groups in total. The van der Waals surface area contributed by atoms with E-state index in [1.165, 1.54) is 12.8 Å². The Morgan fingerprint density at radius 3 is 2.56 bits per heavy atom. The van der Waals surface area contributed by atoms with Crippen molar-refractivity contribution in [1.82, 2.24) is 10.2 Å². The summed E-state index contributed by atoms with van der Waals surface area (Å²) in [5.74, 6) is 0.562. The van der Waals surface area contributed by atoms with E-state index < -0.39 is 0 Å². The molecule has 0 unspecified atom stereocenters. The van der Waals surface area contributed by atoms with E-state index >= 15 is 0 Å². The van der Waals surface area contributed by atoms with Crippen LogP contribution in [0.15, 0.2) is 24.3 Å². The van der Waals surface area contributed by atoms with Crippen LogP contribution in [0.2, 0.25) is 5.02 Å². The molecule has 1 aromatic rings. The van der Waals surface area contributed by atoms with Crippen LogP contribution < -0.4 is 10.6 Å². The number of nitrogens with one attached hydrogen (secondary N) is 2. The van der Waals surface area contributed by atoms with Crippen molar-refractivity contribution in [3.63, 3.8) is 0 Å². The Balaban J connectivity index is 1.44. The second kappa shape index (κ2) is 7.68. The molecule has 3 amide bonds. The number of hydrogen-bond donors (Lipinski definition) is 2. The SMILES string of the molecule is O=C(NCC1CC1)[C@H]1CN(C(=O)Nc2ccc(Cl)cc2)CC12CCOCC2. The summed E-state index contributed by atoms with van der Waals surface area (Å²) in [6, 6.07) is 6.88. The molecule has 1 spiro atoms. The smallest absolute Gasteiger partial charge is 0.321 e. The van der Waals surface area contributed by atoms with E-state index in [9.17, 15) is 9.59 Å². The summed E-state index contributed by atoms with van der Waals surface area (Å²) in [6.45, 7) is 3.12. The second-order valence-corrected chi connectivity index (χ2v) is 8.47. The van der Waals surface area contributed by atoms with E-state index in [1.807, 2.05) is 0 Å². The Labute approximate surface area is 164 Å². The number of carbonyl (C=O) groups excluding carboxylic acids is 2. The van der Waals surface area contributed by atoms with Gasteiger partial charge in [-0.1, -0.05) is 11.6 Å². The van der Waals surface area contributed by atoms with E-state index in [0.29, 0.717) is 42.9 Å². The summed E-state index contributed by atoms with van der Waals surface area (Å²) in [4.78, 5) is 27.5. The lowest BCUT2D eigenvalue weighted by Gasteiger charge is -2.37. The van der Waals surface area contributed by atoms with Gasteiger partial charge < -0.3 is 20.3 Å². The topological polar surface area (TPSA) is 70.7 Å². The van der Waals surface area contributed by atoms with Crippen LogP contribution in [-0.4, -0.2) is 49.7 Å². The van der Waals surface area contributed by atoms with Gasteiger partial charge in [-0.3, -0.25) is 4.79 Å². The summed E-state index contributed by atoms with van der Waals surface area (Å²) in [7, 11) is 0. The number of halogens is 1. The molecule has 6 nitrogen and oxygen atoms in total. The van der Waals surface area contributed by atoms with Gasteiger partial charge >= 0.3 is 6.03 Å². The molecule has 27 heavy (non-hydrogen) atoms. The zero-order valence-electron chi connectivity index (χ0n) is 15.4. The van der Waals surface area contributed by atoms with Gasteiger partial charge in [-0.25, -0.2) is 4.79 Å². The van der Waals surface area contributed by atoms with Crippen molar-refractivity contribution in [3.05, 3.63) is 29.3 Å². The van der Waals surface area contributed by atoms with Crippen LogP contribution in [0.4, 0.5) is 10.5 Å². The Morgan fingerprint density at radius 2 is 1.89 bits per heavy atom. The highest BCUT2D eigenvalue weighted by atomic mass is 35.5. The maximum atomic E-state index is 12.9. The molecule has 1 saturated carbocycles. The van der Waals surface area contributed by atoms with Gasteiger partial charge in [-0.05, 0) is 55.9 Å². The Hall–Kier alpha value is -1.79. The first-order chi connectivity index (χ1) is 13.1. The Bertz CT molecular complexity index is 699. The predicted molar refractivity (Wildman–Crippen MR) is 104 cm³/mol. The minimum Gasteiger partial charge on any atom is -0.381 e. The van der Waals surface area contributed by atoms with Gasteiger partial charge in [-0.2, -0.15) is 0 Å². The number of likely N-dealkylation sites (tertiary alicyclic amines) is 1. The number of hydrogen-bond acceptors (Lipinski definition) is 3. The number of urea groups is 1. The fourth-order valence-corrected chi connectivity index (χ4v) is 4.32. The quantitative estimate of drug-likeness (QED) is 0.828. The number of benzene rings is 1. The maximum absolute atomic E-state index is 12.9. The highest BCUT2D eigenvalue weighted by molar-refractivity contribution is 6.30. The molecule has 0 aromatic heterocycles. The Kier molecular flexibility index (Phi) is 5.28. The summed E-state index contributed by atoms with van der Waals surface area (Å²) in [5.41, 5.74) is 0.524. The van der Waals surface area contributed by atoms with Gasteiger partial charge in [0.1, 0.15) is 0 Å². The third kappa shape index (κ3) is 4.22. The lowest BCUT2D eigenvalue weighted by atomic mass is 9.72. The number of amides is 3. The van der Waals surface area contributed by atoms with Crippen LogP contribution in [0.1, 0.15) is 25.7 Å². The molecular formula is C20H26ClN3O3. The fourth-order valence-electron chi connectivity index (χ4n) is 4.19. The summed E-state index contributed by atoms with van der Waals surface area (Å²) in [5, 5.41) is 6.67. The van der Waals surface area contributed by atoms with Gasteiger partial charge in [0.15, 0.2) is 0 Å². The number of ether oxygens (including phenoxy) is 1. The molecule has 146 valence electrons. The van der Waals surface area contributed by atoms with Crippen molar-refractivity contribution in [3.8, 4) is 0 Å². The van der Waals surface area contributed by atoms with Crippen LogP contribution in [0.3, 0.4) is 0 Å². The molecule has 4 rings (SSSR count). The number of anilines is 1. The number of carbonyl (C=O) groups is 2. The molecular weight excluding hydrogens is 366 g/mol. The lowest BCUT2D eigenvalue weighted by Crippen LogP contribution is -2.44. The van der Waals surface area contributed by atoms with Gasteiger partial charge in [0.25, 0.3) is 0 Å². The molecule has 0 radical (unpaired) electrons. The molecule has 3 aliphatic rings. The van der Waals surface area contributed by atoms with Gasteiger partial charge in [0.05, 0.1) is 5.92 Å². The zero-order valence-corrected chi connectivity index (χ0v) is 16.1. The van der Waals surface area contributed by atoms with E-state index in [-0.39, 0.29) is 23.3 Å². The first-order valence-electron chi connectivity index (χ1n) is 9.73. The molecule has 2 saturated heterocycles. The highest BCUT2D eigenvalue weighted by Crippen LogP contribution is 2.44. The van der Waals surface area contributed by atoms with Crippen molar-refractivity contribution in [2.24, 2.45) is 17.3 Å². The molecule has 1 aliphatic carbocycles. The molecule has 7 heteroatoms. The Morgan fingerprint density at radius 1 is 1.19 bits per heavy atom. The van der Waals surface area contributed by atoms with Crippen LogP contribution in [0, 0.1) is 17.3 Å². The van der Waals surface area contributed by atoms with E-state index in [2.05, 4.69) is 10.6 Å². The summed E-state index contributed by atoms with van der Waals surface area (Å²) >= 11 is 5.90. The van der Waals surface area contributed by atoms with Crippen LogP contribution in [0.5, 0.6) is 0 Å². The molecule has 2 heterocycles. The van der Waals surface area contributed by atoms with Crippen LogP contribution in [0.25, 0.3) is 0 Å². The molecule has 1 aromatic carbocycles. The first kappa shape index (κ1) is 18.6. The molecule has 3 fully saturated rings. The lowest BCUT2D eigenvalue weighted by molar-refractivity contribution is -0.129. The number of nitrogens with zero attached hydrogens (tertiary/aromatic N) is 1. The monoisotopic (exact) mass is 391 g/mol. The molecule has 1 atom stereocenters. The first-order valence-corrected chi connectivity index (χ1v) is 10.1. The van der Waals surface area contributed by atoms with Crippen molar-refractivity contribution in [2.75, 3.05) is 38.2 Å². The van der Waals surface area contributed by atoms with Gasteiger partial charge in [0.2, 0.25) is 5.91 Å². The average molecular weight is 392 g/mol. The minimum atomic E-state index is -0.177. The normalized spacial score (nSPS) is 24.0. The molecule has 2 aliphatic heterocycles. The van der Waals surface area contributed by atoms with Crippen molar-refractivity contribution < 1.29 is 14.3 Å². The minimum absolute atomic E-state index is 0.0885. The van der Waals surface area contributed by atoms with E-state index in [1.54, 1.807) is 29.2 Å². The standard InChI is InChI=1S/C20H26ClN3O3/c21-15-3-5-16(6-4-15)23-19(26)24-12-17(18(25)22-11-14-1-2-14)20(13-24)7-9-27-10-8-20/h3-6,14,17H,1-2,7-13H2,(H,22,25)(H,23,26)/t17-/m1/s1. The van der Waals surface area contributed by atoms with Gasteiger partial charge in [-0.15, -0.1) is 0 Å². The fraction of sp³-hybridized carbons (Fsp3) is 0.600. The van der Waals surface area contributed by atoms with E-state index in [4.69, 9.17) is 16.3 Å². The predicted octanol–water partition coefficient (Wildman–Crippen LogP) is 3.13.